The van der Waals surface area contributed by atoms with E-state index in [0.717, 1.165) is 19.4 Å². The van der Waals surface area contributed by atoms with Crippen LogP contribution < -0.4 is 10.6 Å². The molecule has 1 aromatic heterocycles. The van der Waals surface area contributed by atoms with Crippen LogP contribution in [-0.4, -0.2) is 48.0 Å². The van der Waals surface area contributed by atoms with Crippen molar-refractivity contribution < 1.29 is 14.1 Å². The molecule has 7 nitrogen and oxygen atoms in total. The summed E-state index contributed by atoms with van der Waals surface area (Å²) < 4.78 is 4.89. The molecule has 0 aliphatic carbocycles. The molecular weight excluding hydrogens is 284 g/mol. The van der Waals surface area contributed by atoms with E-state index in [1.807, 2.05) is 11.8 Å². The SMILES string of the molecule is CCCNC(=O)CN(CCC)CCC(=O)Nc1cc(C)on1. The van der Waals surface area contributed by atoms with Crippen LogP contribution in [0.5, 0.6) is 0 Å². The van der Waals surface area contributed by atoms with Crippen LogP contribution in [0.1, 0.15) is 38.9 Å². The monoisotopic (exact) mass is 310 g/mol. The average molecular weight is 310 g/mol. The van der Waals surface area contributed by atoms with Crippen molar-refractivity contribution in [2.45, 2.75) is 40.0 Å². The highest BCUT2D eigenvalue weighted by atomic mass is 16.5. The Bertz CT molecular complexity index is 473. The fraction of sp³-hybridized carbons (Fsp3) is 0.667. The molecule has 0 radical (unpaired) electrons. The second-order valence-corrected chi connectivity index (χ2v) is 5.25. The van der Waals surface area contributed by atoms with Crippen molar-refractivity contribution >= 4 is 17.6 Å². The summed E-state index contributed by atoms with van der Waals surface area (Å²) in [6, 6.07) is 1.67. The third-order valence-electron chi connectivity index (χ3n) is 3.03. The number of aryl methyl sites for hydroxylation is 1. The Kier molecular flexibility index (Phi) is 8.21. The van der Waals surface area contributed by atoms with Crippen LogP contribution in [0.15, 0.2) is 10.6 Å². The number of rotatable bonds is 10. The van der Waals surface area contributed by atoms with Crippen molar-refractivity contribution in [3.63, 3.8) is 0 Å². The predicted octanol–water partition coefficient (Wildman–Crippen LogP) is 1.55. The van der Waals surface area contributed by atoms with Gasteiger partial charge in [0, 0.05) is 25.6 Å². The molecule has 0 saturated heterocycles. The van der Waals surface area contributed by atoms with E-state index in [-0.39, 0.29) is 11.8 Å². The van der Waals surface area contributed by atoms with E-state index in [4.69, 9.17) is 4.52 Å². The lowest BCUT2D eigenvalue weighted by Crippen LogP contribution is -2.39. The topological polar surface area (TPSA) is 87.5 Å². The van der Waals surface area contributed by atoms with Crippen LogP contribution in [0.2, 0.25) is 0 Å². The number of nitrogens with one attached hydrogen (secondary N) is 2. The fourth-order valence-corrected chi connectivity index (χ4v) is 2.00. The smallest absolute Gasteiger partial charge is 0.234 e. The molecule has 1 aromatic rings. The fourth-order valence-electron chi connectivity index (χ4n) is 2.00. The number of carbonyl (C=O) groups excluding carboxylic acids is 2. The quantitative estimate of drug-likeness (QED) is 0.684. The van der Waals surface area contributed by atoms with Gasteiger partial charge in [-0.25, -0.2) is 0 Å². The van der Waals surface area contributed by atoms with Gasteiger partial charge in [-0.15, -0.1) is 0 Å². The summed E-state index contributed by atoms with van der Waals surface area (Å²) in [5.41, 5.74) is 0. The maximum atomic E-state index is 11.9. The minimum absolute atomic E-state index is 0.00262. The van der Waals surface area contributed by atoms with Crippen LogP contribution in [0.25, 0.3) is 0 Å². The molecule has 0 saturated carbocycles. The lowest BCUT2D eigenvalue weighted by Gasteiger charge is -2.20. The van der Waals surface area contributed by atoms with Crippen molar-refractivity contribution in [3.05, 3.63) is 11.8 Å². The van der Waals surface area contributed by atoms with Crippen LogP contribution >= 0.6 is 0 Å². The van der Waals surface area contributed by atoms with Crippen molar-refractivity contribution in [2.75, 3.05) is 31.5 Å². The highest BCUT2D eigenvalue weighted by Crippen LogP contribution is 2.07. The van der Waals surface area contributed by atoms with Gasteiger partial charge in [0.1, 0.15) is 5.76 Å². The summed E-state index contributed by atoms with van der Waals surface area (Å²) >= 11 is 0. The number of carbonyl (C=O) groups is 2. The molecular formula is C15H26N4O3. The Morgan fingerprint density at radius 3 is 2.59 bits per heavy atom. The molecule has 7 heteroatoms. The third kappa shape index (κ3) is 7.21. The van der Waals surface area contributed by atoms with Crippen LogP contribution in [0.4, 0.5) is 5.82 Å². The number of amides is 2. The van der Waals surface area contributed by atoms with Gasteiger partial charge in [-0.05, 0) is 26.3 Å². The Morgan fingerprint density at radius 2 is 2.00 bits per heavy atom. The zero-order valence-corrected chi connectivity index (χ0v) is 13.6. The molecule has 0 aliphatic rings. The molecule has 0 spiro atoms. The molecule has 0 atom stereocenters. The first kappa shape index (κ1) is 18.2. The summed E-state index contributed by atoms with van der Waals surface area (Å²) in [6.07, 6.45) is 2.16. The first-order valence-corrected chi connectivity index (χ1v) is 7.77. The second kappa shape index (κ2) is 9.94. The lowest BCUT2D eigenvalue weighted by atomic mass is 10.3. The van der Waals surface area contributed by atoms with Crippen molar-refractivity contribution in [2.24, 2.45) is 0 Å². The van der Waals surface area contributed by atoms with Gasteiger partial charge in [-0.1, -0.05) is 19.0 Å². The summed E-state index contributed by atoms with van der Waals surface area (Å²) in [7, 11) is 0. The predicted molar refractivity (Wildman–Crippen MR) is 84.5 cm³/mol. The second-order valence-electron chi connectivity index (χ2n) is 5.25. The Labute approximate surface area is 131 Å². The third-order valence-corrected chi connectivity index (χ3v) is 3.03. The van der Waals surface area contributed by atoms with Gasteiger partial charge in [0.2, 0.25) is 11.8 Å². The maximum Gasteiger partial charge on any atom is 0.234 e. The van der Waals surface area contributed by atoms with E-state index < -0.39 is 0 Å². The van der Waals surface area contributed by atoms with Crippen molar-refractivity contribution in [1.29, 1.82) is 0 Å². The van der Waals surface area contributed by atoms with Crippen LogP contribution in [0, 0.1) is 6.92 Å². The zero-order chi connectivity index (χ0) is 16.4. The Hall–Kier alpha value is -1.89. The summed E-state index contributed by atoms with van der Waals surface area (Å²) in [5, 5.41) is 9.24. The van der Waals surface area contributed by atoms with Crippen molar-refractivity contribution in [3.8, 4) is 0 Å². The van der Waals surface area contributed by atoms with Crippen LogP contribution in [-0.2, 0) is 9.59 Å². The summed E-state index contributed by atoms with van der Waals surface area (Å²) in [5.74, 6) is 0.937. The largest absolute Gasteiger partial charge is 0.360 e. The van der Waals surface area contributed by atoms with Gasteiger partial charge in [-0.3, -0.25) is 14.5 Å². The molecule has 124 valence electrons. The number of nitrogens with zero attached hydrogens (tertiary/aromatic N) is 2. The molecule has 0 aliphatic heterocycles. The average Bonchev–Trinajstić information content (AvgIpc) is 2.88. The van der Waals surface area contributed by atoms with E-state index >= 15 is 0 Å². The normalized spacial score (nSPS) is 10.7. The Morgan fingerprint density at radius 1 is 1.23 bits per heavy atom. The van der Waals surface area contributed by atoms with E-state index in [2.05, 4.69) is 22.7 Å². The van der Waals surface area contributed by atoms with Crippen LogP contribution in [0.3, 0.4) is 0 Å². The molecule has 1 rings (SSSR count). The number of aromatic nitrogens is 1. The number of anilines is 1. The first-order chi connectivity index (χ1) is 10.5. The number of hydrogen-bond acceptors (Lipinski definition) is 5. The van der Waals surface area contributed by atoms with Gasteiger partial charge < -0.3 is 15.2 Å². The standard InChI is InChI=1S/C15H26N4O3/c1-4-7-16-15(21)11-19(8-5-2)9-6-14(20)17-13-10-12(3)22-18-13/h10H,4-9,11H2,1-3H3,(H,16,21)(H,17,18,20). The van der Waals surface area contributed by atoms with E-state index in [9.17, 15) is 9.59 Å². The molecule has 1 heterocycles. The van der Waals surface area contributed by atoms with Gasteiger partial charge in [0.15, 0.2) is 5.82 Å². The first-order valence-electron chi connectivity index (χ1n) is 7.77. The van der Waals surface area contributed by atoms with E-state index in [1.165, 1.54) is 0 Å². The summed E-state index contributed by atoms with van der Waals surface area (Å²) in [6.45, 7) is 8.16. The Balaban J connectivity index is 2.36. The summed E-state index contributed by atoms with van der Waals surface area (Å²) in [4.78, 5) is 25.6. The van der Waals surface area contributed by atoms with Gasteiger partial charge in [0.05, 0.1) is 6.54 Å². The number of hydrogen-bond donors (Lipinski definition) is 2. The molecule has 0 fully saturated rings. The van der Waals surface area contributed by atoms with E-state index in [1.54, 1.807) is 13.0 Å². The van der Waals surface area contributed by atoms with Gasteiger partial charge in [0.25, 0.3) is 0 Å². The molecule has 0 aromatic carbocycles. The van der Waals surface area contributed by atoms with Gasteiger partial charge >= 0.3 is 0 Å². The van der Waals surface area contributed by atoms with Gasteiger partial charge in [-0.2, -0.15) is 0 Å². The molecule has 2 amide bonds. The maximum absolute atomic E-state index is 11.9. The molecule has 22 heavy (non-hydrogen) atoms. The van der Waals surface area contributed by atoms with E-state index in [0.29, 0.717) is 37.6 Å². The minimum Gasteiger partial charge on any atom is -0.360 e. The molecule has 0 bridgehead atoms. The lowest BCUT2D eigenvalue weighted by molar-refractivity contribution is -0.123. The molecule has 0 unspecified atom stereocenters. The minimum atomic E-state index is -0.136. The highest BCUT2D eigenvalue weighted by Gasteiger charge is 2.12. The molecule has 2 N–H and O–H groups in total. The zero-order valence-electron chi connectivity index (χ0n) is 13.6. The highest BCUT2D eigenvalue weighted by molar-refractivity contribution is 5.89. The van der Waals surface area contributed by atoms with Crippen molar-refractivity contribution in [1.82, 2.24) is 15.4 Å².